The molecule has 0 aliphatic heterocycles. The van der Waals surface area contributed by atoms with Gasteiger partial charge in [-0.2, -0.15) is 4.31 Å². The molecule has 196 valence electrons. The number of benzene rings is 2. The molecule has 0 radical (unpaired) electrons. The highest BCUT2D eigenvalue weighted by atomic mass is 32.2. The zero-order valence-corrected chi connectivity index (χ0v) is 23.2. The quantitative estimate of drug-likeness (QED) is 0.260. The van der Waals surface area contributed by atoms with Crippen LogP contribution in [0.2, 0.25) is 0 Å². The molecule has 0 aliphatic carbocycles. The number of furan rings is 1. The molecule has 1 amide bonds. The van der Waals surface area contributed by atoms with Crippen molar-refractivity contribution in [3.05, 3.63) is 59.5 Å². The number of anilines is 1. The summed E-state index contributed by atoms with van der Waals surface area (Å²) in [6.45, 7) is 8.84. The van der Waals surface area contributed by atoms with Crippen LogP contribution in [0.4, 0.5) is 5.13 Å². The van der Waals surface area contributed by atoms with E-state index >= 15 is 0 Å². The van der Waals surface area contributed by atoms with E-state index in [2.05, 4.69) is 10.3 Å². The minimum Gasteiger partial charge on any atom is -0.493 e. The van der Waals surface area contributed by atoms with Crippen molar-refractivity contribution in [1.82, 2.24) is 9.29 Å². The van der Waals surface area contributed by atoms with Crippen LogP contribution in [0, 0.1) is 11.8 Å². The number of carbonyl (C=O) groups excluding carboxylic acids is 1. The number of hydrogen-bond donors (Lipinski definition) is 1. The molecule has 2 heterocycles. The second-order valence-corrected chi connectivity index (χ2v) is 12.4. The van der Waals surface area contributed by atoms with Crippen LogP contribution in [0.3, 0.4) is 0 Å². The van der Waals surface area contributed by atoms with Crippen LogP contribution in [0.1, 0.15) is 38.1 Å². The third-order valence-electron chi connectivity index (χ3n) is 5.60. The highest BCUT2D eigenvalue weighted by molar-refractivity contribution is 7.89. The lowest BCUT2D eigenvalue weighted by Gasteiger charge is -2.25. The maximum absolute atomic E-state index is 13.2. The molecule has 10 heteroatoms. The Kier molecular flexibility index (Phi) is 8.01. The number of thiazole rings is 1. The van der Waals surface area contributed by atoms with E-state index in [1.54, 1.807) is 12.5 Å². The van der Waals surface area contributed by atoms with Gasteiger partial charge in [-0.05, 0) is 48.2 Å². The smallest absolute Gasteiger partial charge is 0.257 e. The van der Waals surface area contributed by atoms with Crippen molar-refractivity contribution in [1.29, 1.82) is 0 Å². The van der Waals surface area contributed by atoms with Gasteiger partial charge in [-0.15, -0.1) is 11.3 Å². The van der Waals surface area contributed by atoms with E-state index in [0.717, 1.165) is 5.39 Å². The third-order valence-corrected chi connectivity index (χ3v) is 8.20. The van der Waals surface area contributed by atoms with Crippen molar-refractivity contribution in [3.8, 4) is 17.2 Å². The molecule has 0 aliphatic rings. The van der Waals surface area contributed by atoms with Gasteiger partial charge in [0, 0.05) is 29.4 Å². The van der Waals surface area contributed by atoms with Gasteiger partial charge in [-0.3, -0.25) is 10.1 Å². The second kappa shape index (κ2) is 11.0. The Morgan fingerprint density at radius 2 is 1.76 bits per heavy atom. The zero-order chi connectivity index (χ0) is 26.7. The number of hydrogen-bond acceptors (Lipinski definition) is 7. The van der Waals surface area contributed by atoms with Crippen LogP contribution >= 0.6 is 11.3 Å². The SMILES string of the molecule is COc1cccc2cc(-c3csc(NC(=O)c4ccc(S(=O)(=O)N(CC(C)C)CC(C)C)cc4)n3)oc12. The summed E-state index contributed by atoms with van der Waals surface area (Å²) < 4.78 is 39.2. The number of ether oxygens (including phenoxy) is 1. The van der Waals surface area contributed by atoms with E-state index in [-0.39, 0.29) is 22.6 Å². The Morgan fingerprint density at radius 1 is 1.08 bits per heavy atom. The largest absolute Gasteiger partial charge is 0.493 e. The van der Waals surface area contributed by atoms with Gasteiger partial charge in [-0.25, -0.2) is 13.4 Å². The van der Waals surface area contributed by atoms with E-state index in [9.17, 15) is 13.2 Å². The lowest BCUT2D eigenvalue weighted by Crippen LogP contribution is -2.37. The number of aromatic nitrogens is 1. The molecular weight excluding hydrogens is 510 g/mol. The molecule has 0 saturated carbocycles. The minimum absolute atomic E-state index is 0.169. The molecular formula is C27H31N3O5S2. The molecule has 0 unspecified atom stereocenters. The number of methoxy groups -OCH3 is 1. The van der Waals surface area contributed by atoms with E-state index in [1.165, 1.54) is 39.9 Å². The fraction of sp³-hybridized carbons (Fsp3) is 0.333. The average molecular weight is 542 g/mol. The Hall–Kier alpha value is -3.21. The number of nitrogens with zero attached hydrogens (tertiary/aromatic N) is 2. The van der Waals surface area contributed by atoms with Gasteiger partial charge in [-0.1, -0.05) is 39.8 Å². The molecule has 8 nitrogen and oxygen atoms in total. The second-order valence-electron chi connectivity index (χ2n) is 9.62. The van der Waals surface area contributed by atoms with E-state index < -0.39 is 10.0 Å². The molecule has 0 atom stereocenters. The number of sulfonamides is 1. The van der Waals surface area contributed by atoms with Crippen LogP contribution in [-0.4, -0.2) is 43.8 Å². The monoisotopic (exact) mass is 541 g/mol. The topological polar surface area (TPSA) is 102 Å². The summed E-state index contributed by atoms with van der Waals surface area (Å²) >= 11 is 1.27. The first kappa shape index (κ1) is 26.8. The summed E-state index contributed by atoms with van der Waals surface area (Å²) in [6, 6.07) is 13.5. The predicted molar refractivity (Wildman–Crippen MR) is 147 cm³/mol. The van der Waals surface area contributed by atoms with Gasteiger partial charge in [0.15, 0.2) is 22.2 Å². The fourth-order valence-corrected chi connectivity index (χ4v) is 6.41. The van der Waals surface area contributed by atoms with Crippen molar-refractivity contribution in [2.45, 2.75) is 32.6 Å². The normalized spacial score (nSPS) is 12.1. The Labute approximate surface area is 221 Å². The average Bonchev–Trinajstić information content (AvgIpc) is 3.50. The van der Waals surface area contributed by atoms with Gasteiger partial charge >= 0.3 is 0 Å². The summed E-state index contributed by atoms with van der Waals surface area (Å²) in [5.74, 6) is 1.22. The van der Waals surface area contributed by atoms with Gasteiger partial charge in [0.2, 0.25) is 10.0 Å². The van der Waals surface area contributed by atoms with Gasteiger partial charge in [0.05, 0.1) is 12.0 Å². The molecule has 4 aromatic rings. The van der Waals surface area contributed by atoms with E-state index in [0.29, 0.717) is 46.6 Å². The van der Waals surface area contributed by atoms with Gasteiger partial charge in [0.1, 0.15) is 5.69 Å². The van der Waals surface area contributed by atoms with Crippen LogP contribution in [0.5, 0.6) is 5.75 Å². The third kappa shape index (κ3) is 6.03. The Bertz CT molecular complexity index is 1480. The number of para-hydroxylation sites is 1. The van der Waals surface area contributed by atoms with Crippen LogP contribution in [-0.2, 0) is 10.0 Å². The number of rotatable bonds is 10. The fourth-order valence-electron chi connectivity index (χ4n) is 3.95. The summed E-state index contributed by atoms with van der Waals surface area (Å²) in [5.41, 5.74) is 1.56. The standard InChI is InChI=1S/C27H31N3O5S2/c1-17(2)14-30(15-18(3)4)37(32,33)21-11-9-19(10-12-21)26(31)29-27-28-22(16-36-27)24-13-20-7-6-8-23(34-5)25(20)35-24/h6-13,16-18H,14-15H2,1-5H3,(H,28,29,31). The van der Waals surface area contributed by atoms with Crippen molar-refractivity contribution in [2.24, 2.45) is 11.8 Å². The summed E-state index contributed by atoms with van der Waals surface area (Å²) in [4.78, 5) is 17.5. The molecule has 2 aromatic carbocycles. The van der Waals surface area contributed by atoms with Crippen molar-refractivity contribution < 1.29 is 22.4 Å². The maximum Gasteiger partial charge on any atom is 0.257 e. The Balaban J connectivity index is 1.48. The van der Waals surface area contributed by atoms with Crippen LogP contribution in [0.15, 0.2) is 63.2 Å². The predicted octanol–water partition coefficient (Wildman–Crippen LogP) is 6.12. The maximum atomic E-state index is 13.2. The minimum atomic E-state index is -3.66. The summed E-state index contributed by atoms with van der Waals surface area (Å²) in [5, 5.41) is 5.88. The lowest BCUT2D eigenvalue weighted by atomic mass is 10.2. The van der Waals surface area contributed by atoms with Crippen molar-refractivity contribution in [2.75, 3.05) is 25.5 Å². The highest BCUT2D eigenvalue weighted by Crippen LogP contribution is 2.34. The highest BCUT2D eigenvalue weighted by Gasteiger charge is 2.26. The summed E-state index contributed by atoms with van der Waals surface area (Å²) in [6.07, 6.45) is 0. The van der Waals surface area contributed by atoms with Crippen LogP contribution < -0.4 is 10.1 Å². The first-order valence-corrected chi connectivity index (χ1v) is 14.3. The first-order valence-electron chi connectivity index (χ1n) is 12.0. The zero-order valence-electron chi connectivity index (χ0n) is 21.5. The van der Waals surface area contributed by atoms with E-state index in [4.69, 9.17) is 9.15 Å². The molecule has 0 saturated heterocycles. The van der Waals surface area contributed by atoms with Crippen LogP contribution in [0.25, 0.3) is 22.4 Å². The van der Waals surface area contributed by atoms with Gasteiger partial charge < -0.3 is 9.15 Å². The molecule has 37 heavy (non-hydrogen) atoms. The lowest BCUT2D eigenvalue weighted by molar-refractivity contribution is 0.102. The molecule has 4 rings (SSSR count). The Morgan fingerprint density at radius 3 is 2.38 bits per heavy atom. The molecule has 0 spiro atoms. The summed E-state index contributed by atoms with van der Waals surface area (Å²) in [7, 11) is -2.08. The molecule has 0 fully saturated rings. The number of nitrogens with one attached hydrogen (secondary N) is 1. The van der Waals surface area contributed by atoms with E-state index in [1.807, 2.05) is 52.0 Å². The van der Waals surface area contributed by atoms with Gasteiger partial charge in [0.25, 0.3) is 5.91 Å². The molecule has 0 bridgehead atoms. The molecule has 2 aromatic heterocycles. The first-order chi connectivity index (χ1) is 17.6. The number of fused-ring (bicyclic) bond motifs is 1. The molecule has 1 N–H and O–H groups in total. The van der Waals surface area contributed by atoms with Crippen molar-refractivity contribution >= 4 is 43.4 Å². The number of carbonyl (C=O) groups is 1. The van der Waals surface area contributed by atoms with Crippen molar-refractivity contribution in [3.63, 3.8) is 0 Å². The number of amides is 1.